The van der Waals surface area contributed by atoms with Crippen LogP contribution in [-0.2, 0) is 4.79 Å². The fourth-order valence-corrected chi connectivity index (χ4v) is 2.18. The van der Waals surface area contributed by atoms with Crippen LogP contribution in [0.2, 0.25) is 0 Å². The Morgan fingerprint density at radius 2 is 2.33 bits per heavy atom. The van der Waals surface area contributed by atoms with Crippen LogP contribution in [0.25, 0.3) is 0 Å². The number of hydrogen-bond donors (Lipinski definition) is 2. The van der Waals surface area contributed by atoms with Crippen LogP contribution in [0.15, 0.2) is 0 Å². The average Bonchev–Trinajstić information content (AvgIpc) is 2.22. The van der Waals surface area contributed by atoms with Crippen LogP contribution in [0.3, 0.4) is 0 Å². The molecule has 1 rings (SSSR count). The number of rotatable bonds is 4. The molecule has 0 unspecified atom stereocenters. The predicted octanol–water partition coefficient (Wildman–Crippen LogP) is 0.345. The van der Waals surface area contributed by atoms with Crippen LogP contribution >= 0.6 is 0 Å². The first kappa shape index (κ1) is 12.5. The monoisotopic (exact) mass is 214 g/mol. The number of nitrogens with zero attached hydrogens (tertiary/aromatic N) is 1. The van der Waals surface area contributed by atoms with E-state index in [0.29, 0.717) is 32.5 Å². The lowest BCUT2D eigenvalue weighted by molar-refractivity contribution is -0.134. The number of aliphatic hydroxyl groups excluding tert-OH is 1. The molecule has 0 aromatic carbocycles. The molecular weight excluding hydrogens is 192 g/mol. The van der Waals surface area contributed by atoms with Crippen molar-refractivity contribution in [1.82, 2.24) is 4.90 Å². The van der Waals surface area contributed by atoms with Crippen LogP contribution in [0.1, 0.15) is 32.6 Å². The first-order chi connectivity index (χ1) is 7.19. The Balaban J connectivity index is 2.45. The number of aliphatic hydroxyl groups is 1. The van der Waals surface area contributed by atoms with Gasteiger partial charge in [0.25, 0.3) is 0 Å². The zero-order valence-electron chi connectivity index (χ0n) is 9.48. The standard InChI is InChI=1S/C11H22N2O2/c1-2-3-9-8-13(7-5-10(9)14)11(15)4-6-12/h9-10,14H,2-8,12H2,1H3/t9-,10+/m1/s1. The third kappa shape index (κ3) is 3.47. The summed E-state index contributed by atoms with van der Waals surface area (Å²) in [6.45, 7) is 3.90. The summed E-state index contributed by atoms with van der Waals surface area (Å²) in [5.41, 5.74) is 5.36. The van der Waals surface area contributed by atoms with Gasteiger partial charge in [-0.15, -0.1) is 0 Å². The summed E-state index contributed by atoms with van der Waals surface area (Å²) in [7, 11) is 0. The maximum absolute atomic E-state index is 11.6. The smallest absolute Gasteiger partial charge is 0.223 e. The molecule has 2 atom stereocenters. The van der Waals surface area contributed by atoms with Gasteiger partial charge in [-0.25, -0.2) is 0 Å². The van der Waals surface area contributed by atoms with Crippen molar-refractivity contribution in [2.75, 3.05) is 19.6 Å². The quantitative estimate of drug-likeness (QED) is 0.709. The van der Waals surface area contributed by atoms with Gasteiger partial charge in [-0.3, -0.25) is 4.79 Å². The van der Waals surface area contributed by atoms with E-state index < -0.39 is 0 Å². The molecule has 1 aliphatic rings. The Morgan fingerprint density at radius 1 is 1.60 bits per heavy atom. The Morgan fingerprint density at radius 3 is 2.93 bits per heavy atom. The van der Waals surface area contributed by atoms with E-state index in [-0.39, 0.29) is 17.9 Å². The van der Waals surface area contributed by atoms with E-state index >= 15 is 0 Å². The molecule has 88 valence electrons. The average molecular weight is 214 g/mol. The van der Waals surface area contributed by atoms with Crippen molar-refractivity contribution in [3.63, 3.8) is 0 Å². The topological polar surface area (TPSA) is 66.6 Å². The summed E-state index contributed by atoms with van der Waals surface area (Å²) in [5.74, 6) is 0.385. The van der Waals surface area contributed by atoms with Gasteiger partial charge in [0, 0.05) is 32.0 Å². The Labute approximate surface area is 91.4 Å². The summed E-state index contributed by atoms with van der Waals surface area (Å²) < 4.78 is 0. The van der Waals surface area contributed by atoms with E-state index in [1.165, 1.54) is 0 Å². The van der Waals surface area contributed by atoms with E-state index in [9.17, 15) is 9.90 Å². The van der Waals surface area contributed by atoms with Gasteiger partial charge in [0.1, 0.15) is 0 Å². The molecule has 3 N–H and O–H groups in total. The summed E-state index contributed by atoms with van der Waals surface area (Å²) in [6.07, 6.45) is 2.95. The number of carbonyl (C=O) groups is 1. The van der Waals surface area contributed by atoms with Gasteiger partial charge < -0.3 is 15.7 Å². The molecule has 1 fully saturated rings. The van der Waals surface area contributed by atoms with Crippen molar-refractivity contribution >= 4 is 5.91 Å². The summed E-state index contributed by atoms with van der Waals surface area (Å²) >= 11 is 0. The lowest BCUT2D eigenvalue weighted by Gasteiger charge is -2.36. The van der Waals surface area contributed by atoms with Gasteiger partial charge >= 0.3 is 0 Å². The molecule has 1 saturated heterocycles. The Bertz CT molecular complexity index is 209. The summed E-state index contributed by atoms with van der Waals surface area (Å²) in [4.78, 5) is 13.5. The van der Waals surface area contributed by atoms with Gasteiger partial charge in [0.2, 0.25) is 5.91 Å². The second kappa shape index (κ2) is 6.08. The molecule has 0 saturated carbocycles. The molecule has 0 aromatic heterocycles. The number of nitrogens with two attached hydrogens (primary N) is 1. The van der Waals surface area contributed by atoms with Gasteiger partial charge in [-0.1, -0.05) is 13.3 Å². The highest BCUT2D eigenvalue weighted by Crippen LogP contribution is 2.21. The van der Waals surface area contributed by atoms with E-state index in [1.54, 1.807) is 0 Å². The Kier molecular flexibility index (Phi) is 5.05. The lowest BCUT2D eigenvalue weighted by Crippen LogP contribution is -2.46. The van der Waals surface area contributed by atoms with Crippen LogP contribution in [0.4, 0.5) is 0 Å². The molecule has 4 nitrogen and oxygen atoms in total. The second-order valence-electron chi connectivity index (χ2n) is 4.28. The van der Waals surface area contributed by atoms with Crippen molar-refractivity contribution in [2.24, 2.45) is 11.7 Å². The zero-order valence-corrected chi connectivity index (χ0v) is 9.48. The molecule has 4 heteroatoms. The molecule has 0 bridgehead atoms. The first-order valence-corrected chi connectivity index (χ1v) is 5.85. The maximum atomic E-state index is 11.6. The molecule has 1 amide bonds. The van der Waals surface area contributed by atoms with E-state index in [0.717, 1.165) is 12.8 Å². The molecule has 1 aliphatic heterocycles. The number of likely N-dealkylation sites (tertiary alicyclic amines) is 1. The van der Waals surface area contributed by atoms with Gasteiger partial charge in [0.05, 0.1) is 6.10 Å². The number of carbonyl (C=O) groups excluding carboxylic acids is 1. The van der Waals surface area contributed by atoms with Crippen LogP contribution < -0.4 is 5.73 Å². The van der Waals surface area contributed by atoms with Crippen molar-refractivity contribution in [1.29, 1.82) is 0 Å². The fourth-order valence-electron chi connectivity index (χ4n) is 2.18. The van der Waals surface area contributed by atoms with E-state index in [4.69, 9.17) is 5.73 Å². The molecule has 0 spiro atoms. The van der Waals surface area contributed by atoms with Crippen molar-refractivity contribution in [3.8, 4) is 0 Å². The van der Waals surface area contributed by atoms with Gasteiger partial charge in [-0.2, -0.15) is 0 Å². The highest BCUT2D eigenvalue weighted by molar-refractivity contribution is 5.76. The lowest BCUT2D eigenvalue weighted by atomic mass is 9.90. The van der Waals surface area contributed by atoms with Crippen LogP contribution in [-0.4, -0.2) is 41.7 Å². The largest absolute Gasteiger partial charge is 0.393 e. The molecule has 1 heterocycles. The van der Waals surface area contributed by atoms with Crippen molar-refractivity contribution in [2.45, 2.75) is 38.7 Å². The van der Waals surface area contributed by atoms with Crippen LogP contribution in [0.5, 0.6) is 0 Å². The summed E-state index contributed by atoms with van der Waals surface area (Å²) in [5, 5.41) is 9.77. The van der Waals surface area contributed by atoms with Crippen LogP contribution in [0, 0.1) is 5.92 Å². The normalized spacial score (nSPS) is 26.7. The molecule has 15 heavy (non-hydrogen) atoms. The molecule has 0 aromatic rings. The number of amides is 1. The highest BCUT2D eigenvalue weighted by atomic mass is 16.3. The second-order valence-corrected chi connectivity index (χ2v) is 4.28. The maximum Gasteiger partial charge on any atom is 0.223 e. The summed E-state index contributed by atoms with van der Waals surface area (Å²) in [6, 6.07) is 0. The number of piperidine rings is 1. The van der Waals surface area contributed by atoms with E-state index in [2.05, 4.69) is 6.92 Å². The van der Waals surface area contributed by atoms with Gasteiger partial charge in [-0.05, 0) is 12.8 Å². The third-order valence-corrected chi connectivity index (χ3v) is 3.06. The SMILES string of the molecule is CCC[C@@H]1CN(C(=O)CCN)CC[C@@H]1O. The van der Waals surface area contributed by atoms with E-state index in [1.807, 2.05) is 4.90 Å². The first-order valence-electron chi connectivity index (χ1n) is 5.85. The highest BCUT2D eigenvalue weighted by Gasteiger charge is 2.28. The predicted molar refractivity (Wildman–Crippen MR) is 59.3 cm³/mol. The van der Waals surface area contributed by atoms with Crippen molar-refractivity contribution < 1.29 is 9.90 Å². The van der Waals surface area contributed by atoms with Gasteiger partial charge in [0.15, 0.2) is 0 Å². The zero-order chi connectivity index (χ0) is 11.3. The third-order valence-electron chi connectivity index (χ3n) is 3.06. The molecule has 0 radical (unpaired) electrons. The Hall–Kier alpha value is -0.610. The minimum atomic E-state index is -0.230. The van der Waals surface area contributed by atoms with Crippen molar-refractivity contribution in [3.05, 3.63) is 0 Å². The number of hydrogen-bond acceptors (Lipinski definition) is 3. The fraction of sp³-hybridized carbons (Fsp3) is 0.909. The molecular formula is C11H22N2O2. The minimum Gasteiger partial charge on any atom is -0.393 e. The molecule has 0 aliphatic carbocycles. The minimum absolute atomic E-state index is 0.130.